The van der Waals surface area contributed by atoms with E-state index in [9.17, 15) is 9.59 Å². The van der Waals surface area contributed by atoms with Crippen LogP contribution in [0.25, 0.3) is 0 Å². The molecule has 1 aliphatic heterocycles. The highest BCUT2D eigenvalue weighted by Gasteiger charge is 2.36. The molecule has 1 fully saturated rings. The molecule has 1 saturated heterocycles. The van der Waals surface area contributed by atoms with Gasteiger partial charge in [0.1, 0.15) is 6.61 Å². The standard InChI is InChI=1S/C16H22N2O4/c1-2-16(8-10-18(11-9-16)15(20)21)17-14(19)22-12-13-6-4-3-5-7-13/h3-7H,2,8-12H2,1H3,(H,17,19)(H,20,21). The number of likely N-dealkylation sites (tertiary alicyclic amines) is 1. The van der Waals surface area contributed by atoms with Gasteiger partial charge in [0.2, 0.25) is 0 Å². The second kappa shape index (κ2) is 7.15. The number of carboxylic acid groups (broad SMARTS) is 1. The van der Waals surface area contributed by atoms with Gasteiger partial charge in [-0.2, -0.15) is 0 Å². The molecule has 22 heavy (non-hydrogen) atoms. The van der Waals surface area contributed by atoms with Crippen LogP contribution in [-0.4, -0.2) is 40.8 Å². The van der Waals surface area contributed by atoms with E-state index in [-0.39, 0.29) is 12.1 Å². The fourth-order valence-corrected chi connectivity index (χ4v) is 2.67. The van der Waals surface area contributed by atoms with Crippen molar-refractivity contribution in [3.8, 4) is 0 Å². The summed E-state index contributed by atoms with van der Waals surface area (Å²) in [5.41, 5.74) is 0.559. The highest BCUT2D eigenvalue weighted by Crippen LogP contribution is 2.26. The first-order valence-corrected chi connectivity index (χ1v) is 7.51. The molecule has 6 nitrogen and oxygen atoms in total. The Morgan fingerprint density at radius 3 is 2.45 bits per heavy atom. The number of amides is 2. The lowest BCUT2D eigenvalue weighted by molar-refractivity contribution is 0.0904. The zero-order valence-corrected chi connectivity index (χ0v) is 12.7. The van der Waals surface area contributed by atoms with Gasteiger partial charge in [-0.05, 0) is 24.8 Å². The molecule has 0 unspecified atom stereocenters. The molecule has 2 amide bonds. The van der Waals surface area contributed by atoms with Gasteiger partial charge in [-0.25, -0.2) is 9.59 Å². The van der Waals surface area contributed by atoms with Crippen LogP contribution in [0.3, 0.4) is 0 Å². The first kappa shape index (κ1) is 16.1. The average Bonchev–Trinajstić information content (AvgIpc) is 2.54. The van der Waals surface area contributed by atoms with Gasteiger partial charge in [-0.15, -0.1) is 0 Å². The summed E-state index contributed by atoms with van der Waals surface area (Å²) >= 11 is 0. The lowest BCUT2D eigenvalue weighted by atomic mass is 9.85. The van der Waals surface area contributed by atoms with Gasteiger partial charge in [-0.1, -0.05) is 37.3 Å². The monoisotopic (exact) mass is 306 g/mol. The van der Waals surface area contributed by atoms with E-state index in [1.165, 1.54) is 4.90 Å². The number of nitrogens with zero attached hydrogens (tertiary/aromatic N) is 1. The minimum Gasteiger partial charge on any atom is -0.465 e. The van der Waals surface area contributed by atoms with Crippen molar-refractivity contribution in [1.82, 2.24) is 10.2 Å². The summed E-state index contributed by atoms with van der Waals surface area (Å²) in [6, 6.07) is 9.49. The highest BCUT2D eigenvalue weighted by atomic mass is 16.5. The molecule has 1 heterocycles. The zero-order valence-electron chi connectivity index (χ0n) is 12.7. The summed E-state index contributed by atoms with van der Waals surface area (Å²) in [4.78, 5) is 24.3. The van der Waals surface area contributed by atoms with E-state index in [1.807, 2.05) is 37.3 Å². The molecule has 2 rings (SSSR count). The maximum atomic E-state index is 12.0. The van der Waals surface area contributed by atoms with E-state index in [0.717, 1.165) is 12.0 Å². The summed E-state index contributed by atoms with van der Waals surface area (Å²) in [5, 5.41) is 11.9. The summed E-state index contributed by atoms with van der Waals surface area (Å²) in [7, 11) is 0. The van der Waals surface area contributed by atoms with E-state index < -0.39 is 12.2 Å². The Morgan fingerprint density at radius 2 is 1.91 bits per heavy atom. The molecule has 0 aromatic heterocycles. The largest absolute Gasteiger partial charge is 0.465 e. The second-order valence-corrected chi connectivity index (χ2v) is 5.59. The van der Waals surface area contributed by atoms with Crippen LogP contribution in [-0.2, 0) is 11.3 Å². The quantitative estimate of drug-likeness (QED) is 0.896. The van der Waals surface area contributed by atoms with Crippen molar-refractivity contribution in [2.75, 3.05) is 13.1 Å². The Labute approximate surface area is 130 Å². The SMILES string of the molecule is CCC1(NC(=O)OCc2ccccc2)CCN(C(=O)O)CC1. The minimum atomic E-state index is -0.906. The summed E-state index contributed by atoms with van der Waals surface area (Å²) in [6.07, 6.45) is 0.610. The molecule has 1 aromatic rings. The van der Waals surface area contributed by atoms with E-state index >= 15 is 0 Å². The van der Waals surface area contributed by atoms with Crippen molar-refractivity contribution in [3.05, 3.63) is 35.9 Å². The van der Waals surface area contributed by atoms with Crippen LogP contribution >= 0.6 is 0 Å². The van der Waals surface area contributed by atoms with Crippen molar-refractivity contribution in [2.45, 2.75) is 38.3 Å². The van der Waals surface area contributed by atoms with Gasteiger partial charge >= 0.3 is 12.2 Å². The number of nitrogens with one attached hydrogen (secondary N) is 1. The number of carbonyl (C=O) groups is 2. The fourth-order valence-electron chi connectivity index (χ4n) is 2.67. The molecule has 0 aliphatic carbocycles. The number of rotatable bonds is 4. The number of piperidine rings is 1. The number of ether oxygens (including phenoxy) is 1. The Bertz CT molecular complexity index is 510. The molecule has 0 spiro atoms. The van der Waals surface area contributed by atoms with E-state index in [4.69, 9.17) is 9.84 Å². The van der Waals surface area contributed by atoms with E-state index in [0.29, 0.717) is 25.9 Å². The summed E-state index contributed by atoms with van der Waals surface area (Å²) in [5.74, 6) is 0. The Balaban J connectivity index is 1.85. The van der Waals surface area contributed by atoms with E-state index in [2.05, 4.69) is 5.32 Å². The Kier molecular flexibility index (Phi) is 5.25. The molecular weight excluding hydrogens is 284 g/mol. The third-order valence-corrected chi connectivity index (χ3v) is 4.25. The van der Waals surface area contributed by atoms with Crippen LogP contribution in [0.15, 0.2) is 30.3 Å². The molecular formula is C16H22N2O4. The first-order chi connectivity index (χ1) is 10.5. The van der Waals surface area contributed by atoms with Crippen molar-refractivity contribution in [2.24, 2.45) is 0 Å². The van der Waals surface area contributed by atoms with Crippen LogP contribution in [0, 0.1) is 0 Å². The van der Waals surface area contributed by atoms with Crippen LogP contribution in [0.1, 0.15) is 31.7 Å². The van der Waals surface area contributed by atoms with Crippen LogP contribution in [0.2, 0.25) is 0 Å². The van der Waals surface area contributed by atoms with E-state index in [1.54, 1.807) is 0 Å². The molecule has 0 atom stereocenters. The maximum absolute atomic E-state index is 12.0. The van der Waals surface area contributed by atoms with Crippen molar-refractivity contribution in [3.63, 3.8) is 0 Å². The number of alkyl carbamates (subject to hydrolysis) is 1. The maximum Gasteiger partial charge on any atom is 0.407 e. The van der Waals surface area contributed by atoms with Gasteiger partial charge in [-0.3, -0.25) is 0 Å². The van der Waals surface area contributed by atoms with Gasteiger partial charge in [0.05, 0.1) is 0 Å². The fraction of sp³-hybridized carbons (Fsp3) is 0.500. The normalized spacial score (nSPS) is 16.9. The molecule has 1 aromatic carbocycles. The molecule has 1 aliphatic rings. The van der Waals surface area contributed by atoms with Crippen LogP contribution in [0.5, 0.6) is 0 Å². The predicted molar refractivity (Wildman–Crippen MR) is 81.6 cm³/mol. The third-order valence-electron chi connectivity index (χ3n) is 4.25. The predicted octanol–water partition coefficient (Wildman–Crippen LogP) is 2.84. The average molecular weight is 306 g/mol. The number of carbonyl (C=O) groups excluding carboxylic acids is 1. The van der Waals surface area contributed by atoms with Crippen LogP contribution < -0.4 is 5.32 Å². The Hall–Kier alpha value is -2.24. The molecule has 0 radical (unpaired) electrons. The Morgan fingerprint density at radius 1 is 1.27 bits per heavy atom. The van der Waals surface area contributed by atoms with Crippen LogP contribution in [0.4, 0.5) is 9.59 Å². The second-order valence-electron chi connectivity index (χ2n) is 5.59. The lowest BCUT2D eigenvalue weighted by Gasteiger charge is -2.40. The summed E-state index contributed by atoms with van der Waals surface area (Å²) in [6.45, 7) is 3.09. The molecule has 0 saturated carbocycles. The van der Waals surface area contributed by atoms with Gasteiger partial charge in [0, 0.05) is 18.6 Å². The number of hydrogen-bond acceptors (Lipinski definition) is 3. The topological polar surface area (TPSA) is 78.9 Å². The van der Waals surface area contributed by atoms with Gasteiger partial charge in [0.25, 0.3) is 0 Å². The zero-order chi connectivity index (χ0) is 16.0. The smallest absolute Gasteiger partial charge is 0.407 e. The highest BCUT2D eigenvalue weighted by molar-refractivity contribution is 5.69. The minimum absolute atomic E-state index is 0.230. The van der Waals surface area contributed by atoms with Crippen molar-refractivity contribution < 1.29 is 19.4 Å². The van der Waals surface area contributed by atoms with Crippen molar-refractivity contribution in [1.29, 1.82) is 0 Å². The molecule has 6 heteroatoms. The molecule has 2 N–H and O–H groups in total. The van der Waals surface area contributed by atoms with Crippen molar-refractivity contribution >= 4 is 12.2 Å². The number of benzene rings is 1. The third kappa shape index (κ3) is 4.13. The summed E-state index contributed by atoms with van der Waals surface area (Å²) < 4.78 is 5.25. The molecule has 120 valence electrons. The van der Waals surface area contributed by atoms with Gasteiger partial charge < -0.3 is 20.1 Å². The lowest BCUT2D eigenvalue weighted by Crippen LogP contribution is -2.55. The first-order valence-electron chi connectivity index (χ1n) is 7.51. The van der Waals surface area contributed by atoms with Gasteiger partial charge in [0.15, 0.2) is 0 Å². The number of hydrogen-bond donors (Lipinski definition) is 2. The molecule has 0 bridgehead atoms.